The number of nitrogens with zero attached hydrogens (tertiary/aromatic N) is 9. The molecule has 1 unspecified atom stereocenters. The highest BCUT2D eigenvalue weighted by molar-refractivity contribution is 5.87. The first-order valence-corrected chi connectivity index (χ1v) is 13.6. The SMILES string of the molecule is CN1CCC(CCC(=O)N2CCN(c3ccc(-c4cc(-c5cnn(C)c5)cn5ncc(C#N)c45)cn3)CC2)C1. The average Bonchev–Trinajstić information content (AvgIpc) is 3.71. The van der Waals surface area contributed by atoms with Gasteiger partial charge in [0.15, 0.2) is 0 Å². The molecule has 0 saturated carbocycles. The maximum atomic E-state index is 12.8. The quantitative estimate of drug-likeness (QED) is 0.383. The number of carbonyl (C=O) groups excluding carboxylic acids is 1. The molecular weight excluding hydrogens is 490 g/mol. The Morgan fingerprint density at radius 3 is 2.51 bits per heavy atom. The van der Waals surface area contributed by atoms with Crippen molar-refractivity contribution in [3.05, 3.63) is 54.7 Å². The van der Waals surface area contributed by atoms with Crippen LogP contribution in [0.5, 0.6) is 0 Å². The molecule has 1 amide bonds. The molecule has 2 saturated heterocycles. The number of aromatic nitrogens is 5. The molecule has 0 bridgehead atoms. The van der Waals surface area contributed by atoms with Gasteiger partial charge in [-0.1, -0.05) is 0 Å². The van der Waals surface area contributed by atoms with Gasteiger partial charge in [-0.15, -0.1) is 0 Å². The predicted molar refractivity (Wildman–Crippen MR) is 149 cm³/mol. The van der Waals surface area contributed by atoms with E-state index in [0.29, 0.717) is 17.9 Å². The summed E-state index contributed by atoms with van der Waals surface area (Å²) in [6.45, 7) is 5.25. The number of aryl methyl sites for hydroxylation is 1. The van der Waals surface area contributed by atoms with Gasteiger partial charge < -0.3 is 14.7 Å². The van der Waals surface area contributed by atoms with Crippen LogP contribution in [-0.2, 0) is 11.8 Å². The summed E-state index contributed by atoms with van der Waals surface area (Å²) in [4.78, 5) is 24.2. The van der Waals surface area contributed by atoms with E-state index >= 15 is 0 Å². The summed E-state index contributed by atoms with van der Waals surface area (Å²) in [5, 5.41) is 18.4. The number of hydrogen-bond donors (Lipinski definition) is 0. The maximum Gasteiger partial charge on any atom is 0.222 e. The summed E-state index contributed by atoms with van der Waals surface area (Å²) in [5.74, 6) is 1.83. The van der Waals surface area contributed by atoms with Crippen LogP contribution in [0.1, 0.15) is 24.8 Å². The van der Waals surface area contributed by atoms with Gasteiger partial charge in [0.1, 0.15) is 11.9 Å². The highest BCUT2D eigenvalue weighted by Crippen LogP contribution is 2.32. The van der Waals surface area contributed by atoms with Crippen molar-refractivity contribution < 1.29 is 4.79 Å². The first-order chi connectivity index (χ1) is 19.0. The number of amides is 1. The number of piperazine rings is 1. The van der Waals surface area contributed by atoms with E-state index in [-0.39, 0.29) is 5.91 Å². The van der Waals surface area contributed by atoms with Crippen LogP contribution in [0.2, 0.25) is 0 Å². The Morgan fingerprint density at radius 1 is 1.00 bits per heavy atom. The van der Waals surface area contributed by atoms with E-state index in [4.69, 9.17) is 4.98 Å². The molecule has 1 atom stereocenters. The third kappa shape index (κ3) is 5.10. The predicted octanol–water partition coefficient (Wildman–Crippen LogP) is 3.05. The minimum atomic E-state index is 0.277. The standard InChI is InChI=1S/C29H33N9O/c1-34-8-7-21(18-34)3-6-28(39)37-11-9-36(10-12-37)27-5-4-22(15-31-27)26-13-23(25-17-32-35(2)19-25)20-38-29(26)24(14-30)16-33-38/h4-5,13,15-17,19-21H,3,6-12,18H2,1-2H3. The van der Waals surface area contributed by atoms with E-state index < -0.39 is 0 Å². The van der Waals surface area contributed by atoms with E-state index in [9.17, 15) is 10.1 Å². The van der Waals surface area contributed by atoms with Crippen LogP contribution < -0.4 is 4.90 Å². The van der Waals surface area contributed by atoms with Crippen LogP contribution in [0.4, 0.5) is 5.82 Å². The second-order valence-corrected chi connectivity index (χ2v) is 10.7. The van der Waals surface area contributed by atoms with Gasteiger partial charge in [0.25, 0.3) is 0 Å². The Kier molecular flexibility index (Phi) is 6.75. The fourth-order valence-corrected chi connectivity index (χ4v) is 5.82. The fraction of sp³-hybridized carbons (Fsp3) is 0.414. The lowest BCUT2D eigenvalue weighted by molar-refractivity contribution is -0.131. The molecule has 2 fully saturated rings. The summed E-state index contributed by atoms with van der Waals surface area (Å²) in [5.41, 5.74) is 5.03. The Morgan fingerprint density at radius 2 is 1.85 bits per heavy atom. The van der Waals surface area contributed by atoms with Crippen molar-refractivity contribution in [3.63, 3.8) is 0 Å². The molecule has 10 nitrogen and oxygen atoms in total. The normalized spacial score (nSPS) is 18.1. The van der Waals surface area contributed by atoms with Crippen LogP contribution in [-0.4, -0.2) is 86.4 Å². The first-order valence-electron chi connectivity index (χ1n) is 13.6. The second kappa shape index (κ2) is 10.5. The van der Waals surface area contributed by atoms with Crippen LogP contribution in [0.3, 0.4) is 0 Å². The smallest absolute Gasteiger partial charge is 0.222 e. The van der Waals surface area contributed by atoms with Gasteiger partial charge in [-0.05, 0) is 50.6 Å². The van der Waals surface area contributed by atoms with Crippen molar-refractivity contribution in [1.82, 2.24) is 34.2 Å². The number of likely N-dealkylation sites (tertiary alicyclic amines) is 1. The van der Waals surface area contributed by atoms with E-state index in [1.807, 2.05) is 42.8 Å². The van der Waals surface area contributed by atoms with Crippen LogP contribution in [0, 0.1) is 17.2 Å². The molecule has 0 aliphatic carbocycles. The van der Waals surface area contributed by atoms with Crippen LogP contribution in [0.25, 0.3) is 27.8 Å². The van der Waals surface area contributed by atoms with Gasteiger partial charge in [0.05, 0.1) is 23.5 Å². The van der Waals surface area contributed by atoms with Crippen molar-refractivity contribution in [1.29, 1.82) is 5.26 Å². The maximum absolute atomic E-state index is 12.8. The summed E-state index contributed by atoms with van der Waals surface area (Å²) in [6, 6.07) is 8.41. The highest BCUT2D eigenvalue weighted by atomic mass is 16.2. The zero-order chi connectivity index (χ0) is 26.9. The van der Waals surface area contributed by atoms with E-state index in [0.717, 1.165) is 79.3 Å². The molecule has 6 heterocycles. The fourth-order valence-electron chi connectivity index (χ4n) is 5.82. The van der Waals surface area contributed by atoms with Gasteiger partial charge in [-0.2, -0.15) is 15.5 Å². The molecule has 10 heteroatoms. The topological polar surface area (TPSA) is 98.6 Å². The average molecular weight is 524 g/mol. The summed E-state index contributed by atoms with van der Waals surface area (Å²) in [7, 11) is 4.04. The molecule has 2 aliphatic heterocycles. The zero-order valence-electron chi connectivity index (χ0n) is 22.5. The minimum Gasteiger partial charge on any atom is -0.353 e. The van der Waals surface area contributed by atoms with Gasteiger partial charge in [-0.3, -0.25) is 9.48 Å². The molecule has 39 heavy (non-hydrogen) atoms. The number of nitriles is 1. The summed E-state index contributed by atoms with van der Waals surface area (Å²) in [6.07, 6.45) is 12.0. The molecule has 4 aromatic heterocycles. The largest absolute Gasteiger partial charge is 0.353 e. The molecule has 2 aliphatic rings. The highest BCUT2D eigenvalue weighted by Gasteiger charge is 2.25. The van der Waals surface area contributed by atoms with Crippen molar-refractivity contribution in [3.8, 4) is 28.3 Å². The Labute approximate surface area is 228 Å². The number of rotatable bonds is 6. The third-order valence-corrected chi connectivity index (χ3v) is 8.04. The van der Waals surface area contributed by atoms with E-state index in [1.165, 1.54) is 6.42 Å². The number of hydrogen-bond acceptors (Lipinski definition) is 7. The van der Waals surface area contributed by atoms with Gasteiger partial charge >= 0.3 is 0 Å². The molecule has 0 radical (unpaired) electrons. The van der Waals surface area contributed by atoms with E-state index in [2.05, 4.69) is 45.2 Å². The zero-order valence-corrected chi connectivity index (χ0v) is 22.5. The Bertz CT molecular complexity index is 1520. The molecule has 0 spiro atoms. The monoisotopic (exact) mass is 523 g/mol. The van der Waals surface area contributed by atoms with Crippen molar-refractivity contribution >= 4 is 17.2 Å². The lowest BCUT2D eigenvalue weighted by Crippen LogP contribution is -2.49. The molecule has 200 valence electrons. The van der Waals surface area contributed by atoms with E-state index in [1.54, 1.807) is 15.4 Å². The molecule has 0 N–H and O–H groups in total. The number of anilines is 1. The van der Waals surface area contributed by atoms with Crippen molar-refractivity contribution in [2.24, 2.45) is 13.0 Å². The summed E-state index contributed by atoms with van der Waals surface area (Å²) < 4.78 is 3.52. The van der Waals surface area contributed by atoms with Crippen molar-refractivity contribution in [2.75, 3.05) is 51.2 Å². The number of pyridine rings is 2. The Balaban J connectivity index is 1.16. The molecule has 0 aromatic carbocycles. The number of fused-ring (bicyclic) bond motifs is 1. The lowest BCUT2D eigenvalue weighted by atomic mass is 10.0. The van der Waals surface area contributed by atoms with Crippen LogP contribution in [0.15, 0.2) is 49.2 Å². The second-order valence-electron chi connectivity index (χ2n) is 10.7. The Hall–Kier alpha value is -4.23. The first kappa shape index (κ1) is 25.1. The molecular formula is C29H33N9O. The molecule has 4 aromatic rings. The number of carbonyl (C=O) groups is 1. The molecule has 6 rings (SSSR count). The third-order valence-electron chi connectivity index (χ3n) is 8.04. The minimum absolute atomic E-state index is 0.277. The van der Waals surface area contributed by atoms with Gasteiger partial charge in [0, 0.05) is 87.0 Å². The summed E-state index contributed by atoms with van der Waals surface area (Å²) >= 11 is 0. The van der Waals surface area contributed by atoms with Crippen molar-refractivity contribution in [2.45, 2.75) is 19.3 Å². The van der Waals surface area contributed by atoms with Gasteiger partial charge in [-0.25, -0.2) is 9.50 Å². The lowest BCUT2D eigenvalue weighted by Gasteiger charge is -2.35. The van der Waals surface area contributed by atoms with Crippen LogP contribution >= 0.6 is 0 Å². The van der Waals surface area contributed by atoms with Gasteiger partial charge in [0.2, 0.25) is 5.91 Å².